The van der Waals surface area contributed by atoms with Crippen molar-refractivity contribution in [3.8, 4) is 5.75 Å². The summed E-state index contributed by atoms with van der Waals surface area (Å²) >= 11 is 0. The van der Waals surface area contributed by atoms with Gasteiger partial charge in [-0.25, -0.2) is 12.8 Å². The summed E-state index contributed by atoms with van der Waals surface area (Å²) in [5.74, 6) is 0.0226. The SMILES string of the molecule is O=C(Nc1cccc(S(=O)(=O)N2CCOCC2)c1)c1ccc(COc2ccc(F)cc2)o1. The highest BCUT2D eigenvalue weighted by molar-refractivity contribution is 7.89. The highest BCUT2D eigenvalue weighted by atomic mass is 32.2. The number of nitrogens with zero attached hydrogens (tertiary/aromatic N) is 1. The minimum absolute atomic E-state index is 0.0455. The topological polar surface area (TPSA) is 98.1 Å². The van der Waals surface area contributed by atoms with Gasteiger partial charge in [-0.1, -0.05) is 6.07 Å². The maximum absolute atomic E-state index is 12.9. The van der Waals surface area contributed by atoms with Crippen LogP contribution in [0, 0.1) is 5.82 Å². The second kappa shape index (κ2) is 9.51. The zero-order valence-electron chi connectivity index (χ0n) is 17.0. The summed E-state index contributed by atoms with van der Waals surface area (Å²) in [5, 5.41) is 2.64. The van der Waals surface area contributed by atoms with Gasteiger partial charge in [0, 0.05) is 18.8 Å². The summed E-state index contributed by atoms with van der Waals surface area (Å²) in [4.78, 5) is 12.6. The van der Waals surface area contributed by atoms with Crippen LogP contribution in [0.3, 0.4) is 0 Å². The molecule has 1 fully saturated rings. The second-order valence-electron chi connectivity index (χ2n) is 7.01. The predicted molar refractivity (Wildman–Crippen MR) is 113 cm³/mol. The van der Waals surface area contributed by atoms with Crippen LogP contribution in [0.25, 0.3) is 0 Å². The molecule has 2 aromatic carbocycles. The molecule has 0 radical (unpaired) electrons. The van der Waals surface area contributed by atoms with Crippen molar-refractivity contribution in [2.24, 2.45) is 0 Å². The van der Waals surface area contributed by atoms with Crippen LogP contribution in [0.15, 0.2) is 70.0 Å². The molecule has 1 aliphatic heterocycles. The number of morpholine rings is 1. The lowest BCUT2D eigenvalue weighted by Gasteiger charge is -2.26. The van der Waals surface area contributed by atoms with Crippen molar-refractivity contribution >= 4 is 21.6 Å². The Morgan fingerprint density at radius 3 is 2.56 bits per heavy atom. The minimum atomic E-state index is -3.68. The molecule has 0 saturated carbocycles. The van der Waals surface area contributed by atoms with Gasteiger partial charge in [-0.15, -0.1) is 0 Å². The number of hydrogen-bond acceptors (Lipinski definition) is 6. The van der Waals surface area contributed by atoms with Crippen LogP contribution in [-0.4, -0.2) is 44.9 Å². The van der Waals surface area contributed by atoms with Crippen molar-refractivity contribution in [3.63, 3.8) is 0 Å². The number of amides is 1. The standard InChI is InChI=1S/C22H21FN2O6S/c23-16-4-6-18(7-5-16)30-15-19-8-9-21(31-19)22(26)24-17-2-1-3-20(14-17)32(27,28)25-10-12-29-13-11-25/h1-9,14H,10-13,15H2,(H,24,26). The molecule has 0 aliphatic carbocycles. The Bertz CT molecular complexity index is 1190. The number of sulfonamides is 1. The second-order valence-corrected chi connectivity index (χ2v) is 8.94. The molecule has 1 aromatic heterocycles. The molecule has 0 atom stereocenters. The van der Waals surface area contributed by atoms with Crippen LogP contribution in [0.4, 0.5) is 10.1 Å². The van der Waals surface area contributed by atoms with Crippen molar-refractivity contribution in [2.75, 3.05) is 31.6 Å². The monoisotopic (exact) mass is 460 g/mol. The molecule has 1 aliphatic rings. The highest BCUT2D eigenvalue weighted by Crippen LogP contribution is 2.22. The quantitative estimate of drug-likeness (QED) is 0.581. The molecule has 0 bridgehead atoms. The van der Waals surface area contributed by atoms with Gasteiger partial charge in [-0.3, -0.25) is 4.79 Å². The first-order chi connectivity index (χ1) is 15.4. The lowest BCUT2D eigenvalue weighted by molar-refractivity contribution is 0.0730. The first-order valence-electron chi connectivity index (χ1n) is 9.88. The average molecular weight is 460 g/mol. The number of ether oxygens (including phenoxy) is 2. The van der Waals surface area contributed by atoms with E-state index in [0.29, 0.717) is 30.4 Å². The predicted octanol–water partition coefficient (Wildman–Crippen LogP) is 3.27. The molecule has 1 amide bonds. The molecular weight excluding hydrogens is 439 g/mol. The fraction of sp³-hybridized carbons (Fsp3) is 0.227. The normalized spacial score (nSPS) is 14.8. The van der Waals surface area contributed by atoms with Crippen molar-refractivity contribution in [3.05, 3.63) is 78.0 Å². The Morgan fingerprint density at radius 2 is 1.81 bits per heavy atom. The number of nitrogens with one attached hydrogen (secondary N) is 1. The zero-order chi connectivity index (χ0) is 22.6. The molecule has 0 unspecified atom stereocenters. The van der Waals surface area contributed by atoms with Gasteiger partial charge in [0.25, 0.3) is 5.91 Å². The largest absolute Gasteiger partial charge is 0.486 e. The van der Waals surface area contributed by atoms with E-state index in [-0.39, 0.29) is 36.2 Å². The minimum Gasteiger partial charge on any atom is -0.486 e. The number of benzene rings is 2. The van der Waals surface area contributed by atoms with Gasteiger partial charge in [0.1, 0.15) is 23.9 Å². The summed E-state index contributed by atoms with van der Waals surface area (Å²) in [6.45, 7) is 1.33. The number of carbonyl (C=O) groups is 1. The van der Waals surface area contributed by atoms with Crippen LogP contribution in [-0.2, 0) is 21.4 Å². The zero-order valence-corrected chi connectivity index (χ0v) is 17.8. The van der Waals surface area contributed by atoms with Crippen molar-refractivity contribution in [1.82, 2.24) is 4.31 Å². The molecule has 168 valence electrons. The van der Waals surface area contributed by atoms with Gasteiger partial charge in [0.2, 0.25) is 10.0 Å². The van der Waals surface area contributed by atoms with E-state index in [9.17, 15) is 17.6 Å². The number of rotatable bonds is 7. The van der Waals surface area contributed by atoms with Crippen molar-refractivity contribution in [1.29, 1.82) is 0 Å². The average Bonchev–Trinajstić information content (AvgIpc) is 3.29. The fourth-order valence-corrected chi connectivity index (χ4v) is 4.58. The maximum Gasteiger partial charge on any atom is 0.291 e. The Hall–Kier alpha value is -3.21. The van der Waals surface area contributed by atoms with E-state index in [4.69, 9.17) is 13.9 Å². The molecule has 4 rings (SSSR count). The van der Waals surface area contributed by atoms with Crippen LogP contribution in [0.2, 0.25) is 0 Å². The molecule has 3 aromatic rings. The van der Waals surface area contributed by atoms with E-state index >= 15 is 0 Å². The van der Waals surface area contributed by atoms with Gasteiger partial charge in [0.05, 0.1) is 18.1 Å². The molecule has 1 N–H and O–H groups in total. The fourth-order valence-electron chi connectivity index (χ4n) is 3.13. The number of carbonyl (C=O) groups excluding carboxylic acids is 1. The van der Waals surface area contributed by atoms with Crippen LogP contribution in [0.1, 0.15) is 16.3 Å². The maximum atomic E-state index is 12.9. The molecular formula is C22H21FN2O6S. The van der Waals surface area contributed by atoms with E-state index < -0.39 is 15.9 Å². The summed E-state index contributed by atoms with van der Waals surface area (Å²) in [6, 6.07) is 14.7. The van der Waals surface area contributed by atoms with Gasteiger partial charge >= 0.3 is 0 Å². The summed E-state index contributed by atoms with van der Waals surface area (Å²) < 4.78 is 56.1. The van der Waals surface area contributed by atoms with E-state index in [2.05, 4.69) is 5.32 Å². The summed E-state index contributed by atoms with van der Waals surface area (Å²) in [5.41, 5.74) is 0.324. The number of anilines is 1. The van der Waals surface area contributed by atoms with E-state index in [0.717, 1.165) is 0 Å². The smallest absolute Gasteiger partial charge is 0.291 e. The third kappa shape index (κ3) is 5.16. The number of furan rings is 1. The van der Waals surface area contributed by atoms with Crippen LogP contribution >= 0.6 is 0 Å². The first-order valence-corrected chi connectivity index (χ1v) is 11.3. The molecule has 0 spiro atoms. The van der Waals surface area contributed by atoms with E-state index in [1.54, 1.807) is 18.2 Å². The Morgan fingerprint density at radius 1 is 1.06 bits per heavy atom. The van der Waals surface area contributed by atoms with Gasteiger partial charge in [0.15, 0.2) is 5.76 Å². The first kappa shape index (κ1) is 22.0. The molecule has 2 heterocycles. The Balaban J connectivity index is 1.40. The van der Waals surface area contributed by atoms with Gasteiger partial charge in [-0.2, -0.15) is 4.31 Å². The Kier molecular flexibility index (Phi) is 6.54. The lowest BCUT2D eigenvalue weighted by Crippen LogP contribution is -2.40. The van der Waals surface area contributed by atoms with Crippen LogP contribution < -0.4 is 10.1 Å². The molecule has 8 nitrogen and oxygen atoms in total. The number of hydrogen-bond donors (Lipinski definition) is 1. The number of halogens is 1. The third-order valence-corrected chi connectivity index (χ3v) is 6.67. The summed E-state index contributed by atoms with van der Waals surface area (Å²) in [6.07, 6.45) is 0. The van der Waals surface area contributed by atoms with E-state index in [1.807, 2.05) is 0 Å². The van der Waals surface area contributed by atoms with Crippen molar-refractivity contribution < 1.29 is 31.5 Å². The van der Waals surface area contributed by atoms with Gasteiger partial charge < -0.3 is 19.2 Å². The molecule has 32 heavy (non-hydrogen) atoms. The lowest BCUT2D eigenvalue weighted by atomic mass is 10.3. The third-order valence-electron chi connectivity index (χ3n) is 4.78. The van der Waals surface area contributed by atoms with Gasteiger partial charge in [-0.05, 0) is 54.6 Å². The van der Waals surface area contributed by atoms with Crippen molar-refractivity contribution in [2.45, 2.75) is 11.5 Å². The van der Waals surface area contributed by atoms with Crippen LogP contribution in [0.5, 0.6) is 5.75 Å². The molecule has 1 saturated heterocycles. The molecule has 10 heteroatoms. The summed E-state index contributed by atoms with van der Waals surface area (Å²) in [7, 11) is -3.68. The van der Waals surface area contributed by atoms with E-state index in [1.165, 1.54) is 46.8 Å². The Labute approximate surface area is 184 Å². The highest BCUT2D eigenvalue weighted by Gasteiger charge is 2.26.